The van der Waals surface area contributed by atoms with Crippen LogP contribution in [0.4, 0.5) is 0 Å². The smallest absolute Gasteiger partial charge is 0.147 e. The van der Waals surface area contributed by atoms with Crippen molar-refractivity contribution in [3.8, 4) is 0 Å². The fourth-order valence-corrected chi connectivity index (χ4v) is 0.387. The van der Waals surface area contributed by atoms with Gasteiger partial charge in [0.15, 0.2) is 0 Å². The van der Waals surface area contributed by atoms with E-state index in [1.807, 2.05) is 6.92 Å². The summed E-state index contributed by atoms with van der Waals surface area (Å²) in [6.45, 7) is 5.65. The van der Waals surface area contributed by atoms with Gasteiger partial charge in [-0.1, -0.05) is 6.92 Å². The lowest BCUT2D eigenvalue weighted by molar-refractivity contribution is 0.392. The first-order valence-corrected chi connectivity index (χ1v) is 2.40. The molecule has 1 rings (SSSR count). The summed E-state index contributed by atoms with van der Waals surface area (Å²) in [5.74, 6) is 0.168. The van der Waals surface area contributed by atoms with Gasteiger partial charge in [-0.3, -0.25) is 0 Å². The van der Waals surface area contributed by atoms with Gasteiger partial charge in [0.1, 0.15) is 12.0 Å². The van der Waals surface area contributed by atoms with Crippen LogP contribution in [0.2, 0.25) is 0 Å². The second-order valence-corrected chi connectivity index (χ2v) is 1.73. The molecule has 0 spiro atoms. The Bertz CT molecular complexity index is 145. The molecule has 1 aromatic heterocycles. The highest BCUT2D eigenvalue weighted by molar-refractivity contribution is 4.97. The number of nitrogens with zero attached hydrogens (tertiary/aromatic N) is 2. The van der Waals surface area contributed by atoms with Crippen LogP contribution < -0.4 is 0 Å². The third kappa shape index (κ3) is 0.857. The molecule has 1 radical (unpaired) electrons. The first-order valence-electron chi connectivity index (χ1n) is 2.40. The maximum absolute atomic E-state index is 4.47. The Labute approximate surface area is 47.7 Å². The number of aromatic nitrogens is 2. The van der Waals surface area contributed by atoms with Crippen molar-refractivity contribution >= 4 is 0 Å². The Hall–Kier alpha value is -0.860. The second kappa shape index (κ2) is 1.94. The van der Waals surface area contributed by atoms with Gasteiger partial charge >= 0.3 is 0 Å². The fourth-order valence-electron chi connectivity index (χ4n) is 0.387. The topological polar surface area (TPSA) is 38.9 Å². The Morgan fingerprint density at radius 1 is 1.88 bits per heavy atom. The van der Waals surface area contributed by atoms with E-state index in [9.17, 15) is 0 Å². The molecular weight excluding hydrogens is 104 g/mol. The van der Waals surface area contributed by atoms with Crippen molar-refractivity contribution in [3.63, 3.8) is 0 Å². The van der Waals surface area contributed by atoms with Crippen molar-refractivity contribution in [1.82, 2.24) is 10.4 Å². The highest BCUT2D eigenvalue weighted by atomic mass is 16.5. The van der Waals surface area contributed by atoms with Gasteiger partial charge < -0.3 is 4.52 Å². The van der Waals surface area contributed by atoms with Gasteiger partial charge in [0.05, 0.1) is 0 Å². The lowest BCUT2D eigenvalue weighted by Crippen LogP contribution is -1.85. The number of hydrogen-bond donors (Lipinski definition) is 0. The molecule has 0 N–H and O–H groups in total. The molecule has 1 atom stereocenters. The van der Waals surface area contributed by atoms with Crippen LogP contribution in [0.15, 0.2) is 10.8 Å². The summed E-state index contributed by atoms with van der Waals surface area (Å²) in [7, 11) is 0. The molecule has 0 aromatic carbocycles. The van der Waals surface area contributed by atoms with E-state index >= 15 is 0 Å². The summed E-state index contributed by atoms with van der Waals surface area (Å²) in [6.07, 6.45) is 1.50. The van der Waals surface area contributed by atoms with E-state index in [0.717, 1.165) is 5.69 Å². The molecule has 0 aliphatic heterocycles. The zero-order valence-corrected chi connectivity index (χ0v) is 4.66. The molecule has 1 unspecified atom stereocenters. The molecule has 0 fully saturated rings. The van der Waals surface area contributed by atoms with Gasteiger partial charge in [0.25, 0.3) is 0 Å². The normalized spacial score (nSPS) is 10.4. The Morgan fingerprint density at radius 2 is 2.62 bits per heavy atom. The second-order valence-electron chi connectivity index (χ2n) is 1.73. The molecule has 8 heavy (non-hydrogen) atoms. The number of rotatable bonds is 1. The van der Waals surface area contributed by atoms with E-state index < -0.39 is 0 Å². The molecule has 0 saturated carbocycles. The van der Waals surface area contributed by atoms with Crippen molar-refractivity contribution in [2.45, 2.75) is 12.8 Å². The van der Waals surface area contributed by atoms with Crippen LogP contribution in [0.3, 0.4) is 0 Å². The molecule has 0 bridgehead atoms. The minimum absolute atomic E-state index is 0.168. The fraction of sp³-hybridized carbons (Fsp3) is 0.400. The van der Waals surface area contributed by atoms with Crippen LogP contribution in [-0.2, 0) is 0 Å². The largest absolute Gasteiger partial charge is 0.345 e. The van der Waals surface area contributed by atoms with Gasteiger partial charge in [-0.2, -0.15) is 0 Å². The molecular formula is C5H7N2O. The van der Waals surface area contributed by atoms with Gasteiger partial charge in [-0.15, -0.1) is 5.10 Å². The van der Waals surface area contributed by atoms with E-state index in [1.54, 1.807) is 0 Å². The lowest BCUT2D eigenvalue weighted by Gasteiger charge is -1.90. The lowest BCUT2D eigenvalue weighted by atomic mass is 10.2. The van der Waals surface area contributed by atoms with E-state index in [0.29, 0.717) is 0 Å². The summed E-state index contributed by atoms with van der Waals surface area (Å²) in [5.41, 5.74) is 0.796. The molecule has 0 aliphatic rings. The standard InChI is InChI=1S/C5H7N2O/c1-4(2)5-3-8-7-6-5/h3-4H,1H2,2H3. The molecule has 3 nitrogen and oxygen atoms in total. The van der Waals surface area contributed by atoms with Crippen molar-refractivity contribution < 1.29 is 4.52 Å². The van der Waals surface area contributed by atoms with E-state index in [4.69, 9.17) is 0 Å². The third-order valence-electron chi connectivity index (χ3n) is 0.882. The first-order chi connectivity index (χ1) is 3.80. The summed E-state index contributed by atoms with van der Waals surface area (Å²) in [4.78, 5) is 0. The summed E-state index contributed by atoms with van der Waals surface area (Å²) >= 11 is 0. The summed E-state index contributed by atoms with van der Waals surface area (Å²) in [6, 6.07) is 0. The average Bonchev–Trinajstić information content (AvgIpc) is 2.12. The summed E-state index contributed by atoms with van der Waals surface area (Å²) in [5, 5.41) is 6.92. The molecule has 0 aliphatic carbocycles. The monoisotopic (exact) mass is 111 g/mol. The van der Waals surface area contributed by atoms with Crippen LogP contribution in [0, 0.1) is 6.92 Å². The minimum atomic E-state index is 0.168. The Balaban J connectivity index is 2.77. The maximum atomic E-state index is 4.47. The molecule has 0 saturated heterocycles. The molecule has 1 aromatic rings. The SMILES string of the molecule is [CH2]C(C)c1conn1. The van der Waals surface area contributed by atoms with E-state index in [1.165, 1.54) is 6.26 Å². The Morgan fingerprint density at radius 3 is 2.88 bits per heavy atom. The van der Waals surface area contributed by atoms with E-state index in [-0.39, 0.29) is 5.92 Å². The predicted octanol–water partition coefficient (Wildman–Crippen LogP) is 1.01. The summed E-state index contributed by atoms with van der Waals surface area (Å²) < 4.78 is 4.47. The van der Waals surface area contributed by atoms with Crippen LogP contribution >= 0.6 is 0 Å². The zero-order chi connectivity index (χ0) is 5.98. The number of hydrogen-bond acceptors (Lipinski definition) is 3. The third-order valence-corrected chi connectivity index (χ3v) is 0.882. The highest BCUT2D eigenvalue weighted by Crippen LogP contribution is 2.07. The molecule has 3 heteroatoms. The van der Waals surface area contributed by atoms with Gasteiger partial charge in [0.2, 0.25) is 0 Å². The van der Waals surface area contributed by atoms with Crippen LogP contribution in [0.5, 0.6) is 0 Å². The predicted molar refractivity (Wildman–Crippen MR) is 28.1 cm³/mol. The minimum Gasteiger partial charge on any atom is -0.345 e. The molecule has 1 heterocycles. The first kappa shape index (κ1) is 5.28. The molecule has 43 valence electrons. The molecule has 0 amide bonds. The van der Waals surface area contributed by atoms with Crippen LogP contribution in [0.25, 0.3) is 0 Å². The van der Waals surface area contributed by atoms with Gasteiger partial charge in [-0.05, 0) is 6.92 Å². The van der Waals surface area contributed by atoms with Crippen LogP contribution in [0.1, 0.15) is 18.5 Å². The van der Waals surface area contributed by atoms with E-state index in [2.05, 4.69) is 21.8 Å². The van der Waals surface area contributed by atoms with Gasteiger partial charge in [0, 0.05) is 11.2 Å². The zero-order valence-electron chi connectivity index (χ0n) is 4.66. The highest BCUT2D eigenvalue weighted by Gasteiger charge is 2.00. The van der Waals surface area contributed by atoms with Gasteiger partial charge in [-0.25, -0.2) is 0 Å². The quantitative estimate of drug-likeness (QED) is 0.542. The van der Waals surface area contributed by atoms with Crippen molar-refractivity contribution in [3.05, 3.63) is 18.9 Å². The van der Waals surface area contributed by atoms with Crippen molar-refractivity contribution in [1.29, 1.82) is 0 Å². The maximum Gasteiger partial charge on any atom is 0.147 e. The Kier molecular flexibility index (Phi) is 1.28. The van der Waals surface area contributed by atoms with Crippen LogP contribution in [-0.4, -0.2) is 10.4 Å². The average molecular weight is 111 g/mol. The van der Waals surface area contributed by atoms with Crippen molar-refractivity contribution in [2.24, 2.45) is 0 Å². The van der Waals surface area contributed by atoms with Crippen molar-refractivity contribution in [2.75, 3.05) is 0 Å².